The van der Waals surface area contributed by atoms with Gasteiger partial charge in [-0.25, -0.2) is 14.8 Å². The number of hydrogen-bond donors (Lipinski definition) is 1. The van der Waals surface area contributed by atoms with Crippen LogP contribution >= 0.6 is 11.3 Å². The molecule has 0 aliphatic carbocycles. The van der Waals surface area contributed by atoms with Gasteiger partial charge in [-0.3, -0.25) is 4.40 Å². The van der Waals surface area contributed by atoms with Crippen LogP contribution in [-0.4, -0.2) is 40.5 Å². The molecule has 0 saturated carbocycles. The number of nitrogens with one attached hydrogen (secondary N) is 1. The number of imidazole rings is 1. The molecule has 1 saturated heterocycles. The second-order valence-corrected chi connectivity index (χ2v) is 7.64. The van der Waals surface area contributed by atoms with Crippen molar-refractivity contribution < 1.29 is 4.42 Å². The van der Waals surface area contributed by atoms with Crippen LogP contribution in [0.15, 0.2) is 39.9 Å². The Balaban J connectivity index is 1.57. The average molecular weight is 367 g/mol. The monoisotopic (exact) mass is 367 g/mol. The molecule has 0 atom stereocenters. The van der Waals surface area contributed by atoms with E-state index in [0.717, 1.165) is 42.3 Å². The Kier molecular flexibility index (Phi) is 3.54. The van der Waals surface area contributed by atoms with E-state index in [1.807, 2.05) is 35.9 Å². The van der Waals surface area contributed by atoms with Crippen molar-refractivity contribution in [3.05, 3.63) is 46.0 Å². The van der Waals surface area contributed by atoms with Crippen molar-refractivity contribution >= 4 is 33.1 Å². The van der Waals surface area contributed by atoms with Crippen LogP contribution < -0.4 is 15.8 Å². The maximum absolute atomic E-state index is 12.5. The largest absolute Gasteiger partial charge is 0.422 e. The molecule has 0 radical (unpaired) electrons. The summed E-state index contributed by atoms with van der Waals surface area (Å²) in [7, 11) is 0. The highest BCUT2D eigenvalue weighted by Crippen LogP contribution is 2.25. The Bertz CT molecular complexity index is 1140. The van der Waals surface area contributed by atoms with E-state index in [0.29, 0.717) is 16.8 Å². The predicted molar refractivity (Wildman–Crippen MR) is 102 cm³/mol. The number of aromatic nitrogens is 3. The van der Waals surface area contributed by atoms with Crippen molar-refractivity contribution in [2.45, 2.75) is 6.92 Å². The third-order valence-electron chi connectivity index (χ3n) is 4.59. The average Bonchev–Trinajstić information content (AvgIpc) is 3.18. The first-order valence-electron chi connectivity index (χ1n) is 8.52. The van der Waals surface area contributed by atoms with Gasteiger partial charge in [0.25, 0.3) is 0 Å². The summed E-state index contributed by atoms with van der Waals surface area (Å²) in [5.41, 5.74) is 1.26. The summed E-state index contributed by atoms with van der Waals surface area (Å²) in [6.07, 6.45) is 5.63. The van der Waals surface area contributed by atoms with Gasteiger partial charge in [0.05, 0.1) is 11.3 Å². The summed E-state index contributed by atoms with van der Waals surface area (Å²) in [5.74, 6) is 0.841. The van der Waals surface area contributed by atoms with Crippen LogP contribution in [0.3, 0.4) is 0 Å². The van der Waals surface area contributed by atoms with Gasteiger partial charge in [-0.1, -0.05) is 0 Å². The van der Waals surface area contributed by atoms with Gasteiger partial charge < -0.3 is 14.6 Å². The molecule has 1 fully saturated rings. The Labute approximate surface area is 152 Å². The van der Waals surface area contributed by atoms with E-state index in [1.165, 1.54) is 4.88 Å². The van der Waals surface area contributed by atoms with Crippen LogP contribution in [0.25, 0.3) is 27.2 Å². The minimum absolute atomic E-state index is 0.377. The van der Waals surface area contributed by atoms with Crippen molar-refractivity contribution in [2.75, 3.05) is 31.1 Å². The van der Waals surface area contributed by atoms with Crippen molar-refractivity contribution in [2.24, 2.45) is 0 Å². The van der Waals surface area contributed by atoms with E-state index in [-0.39, 0.29) is 5.63 Å². The highest BCUT2D eigenvalue weighted by atomic mass is 32.1. The molecule has 0 unspecified atom stereocenters. The number of nitrogens with zero attached hydrogens (tertiary/aromatic N) is 4. The molecule has 26 heavy (non-hydrogen) atoms. The molecule has 0 spiro atoms. The summed E-state index contributed by atoms with van der Waals surface area (Å²) >= 11 is 1.59. The van der Waals surface area contributed by atoms with Gasteiger partial charge in [0, 0.05) is 61.1 Å². The predicted octanol–water partition coefficient (Wildman–Crippen LogP) is 2.28. The van der Waals surface area contributed by atoms with E-state index < -0.39 is 0 Å². The van der Waals surface area contributed by atoms with Gasteiger partial charge in [-0.05, 0) is 13.0 Å². The van der Waals surface area contributed by atoms with Crippen LogP contribution in [-0.2, 0) is 0 Å². The number of piperazine rings is 1. The number of hydrogen-bond acceptors (Lipinski definition) is 7. The van der Waals surface area contributed by atoms with Crippen LogP contribution in [0.1, 0.15) is 4.88 Å². The fraction of sp³-hybridized carbons (Fsp3) is 0.278. The van der Waals surface area contributed by atoms with Gasteiger partial charge in [-0.2, -0.15) is 0 Å². The molecule has 1 aliphatic heterocycles. The number of anilines is 1. The lowest BCUT2D eigenvalue weighted by Gasteiger charge is -2.28. The van der Waals surface area contributed by atoms with E-state index in [1.54, 1.807) is 17.5 Å². The van der Waals surface area contributed by atoms with Crippen molar-refractivity contribution in [3.8, 4) is 11.3 Å². The lowest BCUT2D eigenvalue weighted by atomic mass is 10.2. The molecule has 4 aromatic rings. The third-order valence-corrected chi connectivity index (χ3v) is 5.50. The Morgan fingerprint density at radius 3 is 2.88 bits per heavy atom. The molecular weight excluding hydrogens is 350 g/mol. The van der Waals surface area contributed by atoms with E-state index in [9.17, 15) is 4.79 Å². The summed E-state index contributed by atoms with van der Waals surface area (Å²) in [6.45, 7) is 5.68. The molecule has 8 heteroatoms. The first kappa shape index (κ1) is 15.5. The number of pyridine rings is 1. The number of rotatable bonds is 2. The lowest BCUT2D eigenvalue weighted by molar-refractivity contribution is 0.560. The zero-order valence-corrected chi connectivity index (χ0v) is 15.0. The summed E-state index contributed by atoms with van der Waals surface area (Å²) in [6, 6.07) is 3.66. The molecule has 1 N–H and O–H groups in total. The SMILES string of the molecule is Cc1cn2cc(-c3cc4cnc(N5CCNCC5)cc4oc3=O)nc2s1. The first-order valence-corrected chi connectivity index (χ1v) is 9.34. The van der Waals surface area contributed by atoms with Gasteiger partial charge in [0.2, 0.25) is 0 Å². The zero-order valence-electron chi connectivity index (χ0n) is 14.2. The van der Waals surface area contributed by atoms with Gasteiger partial charge in [0.1, 0.15) is 11.4 Å². The molecule has 0 bridgehead atoms. The number of thiazole rings is 1. The molecule has 5 rings (SSSR count). The van der Waals surface area contributed by atoms with Gasteiger partial charge in [0.15, 0.2) is 4.96 Å². The first-order chi connectivity index (χ1) is 12.7. The van der Waals surface area contributed by atoms with Crippen LogP contribution in [0.4, 0.5) is 5.82 Å². The molecular formula is C18H17N5O2S. The van der Waals surface area contributed by atoms with Crippen LogP contribution in [0, 0.1) is 6.92 Å². The topological polar surface area (TPSA) is 75.7 Å². The quantitative estimate of drug-likeness (QED) is 0.586. The number of aryl methyl sites for hydroxylation is 1. The maximum atomic E-state index is 12.5. The van der Waals surface area contributed by atoms with Crippen molar-refractivity contribution in [1.82, 2.24) is 19.7 Å². The van der Waals surface area contributed by atoms with E-state index >= 15 is 0 Å². The second-order valence-electron chi connectivity index (χ2n) is 6.42. The summed E-state index contributed by atoms with van der Waals surface area (Å²) < 4.78 is 7.53. The zero-order chi connectivity index (χ0) is 17.7. The Morgan fingerprint density at radius 1 is 1.23 bits per heavy atom. The van der Waals surface area contributed by atoms with Crippen molar-refractivity contribution in [1.29, 1.82) is 0 Å². The summed E-state index contributed by atoms with van der Waals surface area (Å²) in [4.78, 5) is 25.9. The molecule has 7 nitrogen and oxygen atoms in total. The molecule has 1 aliphatic rings. The molecule has 5 heterocycles. The standard InChI is InChI=1S/C18H17N5O2S/c1-11-9-23-10-14(21-18(23)26-11)13-6-12-8-20-16(7-15(12)25-17(13)24)22-4-2-19-3-5-22/h6-10,19H,2-5H2,1H3. The normalized spacial score (nSPS) is 15.2. The minimum atomic E-state index is -0.377. The van der Waals surface area contributed by atoms with E-state index in [2.05, 4.69) is 20.2 Å². The van der Waals surface area contributed by atoms with Gasteiger partial charge in [-0.15, -0.1) is 11.3 Å². The van der Waals surface area contributed by atoms with Crippen molar-refractivity contribution in [3.63, 3.8) is 0 Å². The third kappa shape index (κ3) is 2.58. The highest BCUT2D eigenvalue weighted by molar-refractivity contribution is 7.17. The lowest BCUT2D eigenvalue weighted by Crippen LogP contribution is -2.43. The van der Waals surface area contributed by atoms with Gasteiger partial charge >= 0.3 is 5.63 Å². The smallest absolute Gasteiger partial charge is 0.345 e. The maximum Gasteiger partial charge on any atom is 0.345 e. The molecule has 0 amide bonds. The number of fused-ring (bicyclic) bond motifs is 2. The molecule has 0 aromatic carbocycles. The van der Waals surface area contributed by atoms with Crippen LogP contribution in [0.2, 0.25) is 0 Å². The Morgan fingerprint density at radius 2 is 2.08 bits per heavy atom. The second kappa shape index (κ2) is 5.93. The van der Waals surface area contributed by atoms with E-state index in [4.69, 9.17) is 4.42 Å². The fourth-order valence-corrected chi connectivity index (χ4v) is 4.10. The minimum Gasteiger partial charge on any atom is -0.422 e. The molecule has 132 valence electrons. The fourth-order valence-electron chi connectivity index (χ4n) is 3.29. The Hall–Kier alpha value is -2.71. The van der Waals surface area contributed by atoms with Crippen LogP contribution in [0.5, 0.6) is 0 Å². The molecule has 4 aromatic heterocycles. The highest BCUT2D eigenvalue weighted by Gasteiger charge is 2.16. The summed E-state index contributed by atoms with van der Waals surface area (Å²) in [5, 5.41) is 4.11.